The zero-order chi connectivity index (χ0) is 14.5. The van der Waals surface area contributed by atoms with Crippen molar-refractivity contribution in [3.05, 3.63) is 36.5 Å². The number of aliphatic hydroxyl groups is 1. The summed E-state index contributed by atoms with van der Waals surface area (Å²) in [5, 5.41) is 11.9. The van der Waals surface area contributed by atoms with E-state index in [1.54, 1.807) is 6.08 Å². The molecule has 19 heavy (non-hydrogen) atoms. The number of unbranched alkanes of at least 4 members (excludes halogenated alkanes) is 1. The lowest BCUT2D eigenvalue weighted by atomic mass is 10.1. The van der Waals surface area contributed by atoms with Gasteiger partial charge in [-0.1, -0.05) is 49.8 Å². The molecule has 108 valence electrons. The summed E-state index contributed by atoms with van der Waals surface area (Å²) in [6.45, 7) is 7.83. The van der Waals surface area contributed by atoms with Gasteiger partial charge in [-0.05, 0) is 19.8 Å². The Kier molecular flexibility index (Phi) is 10.6. The van der Waals surface area contributed by atoms with Crippen molar-refractivity contribution in [2.75, 3.05) is 13.2 Å². The number of carbonyl (C=O) groups is 1. The summed E-state index contributed by atoms with van der Waals surface area (Å²) in [6, 6.07) is -0.338. The second-order valence-electron chi connectivity index (χ2n) is 4.18. The molecule has 0 spiro atoms. The Balaban J connectivity index is 4.22. The van der Waals surface area contributed by atoms with Crippen LogP contribution in [0.3, 0.4) is 0 Å². The van der Waals surface area contributed by atoms with Gasteiger partial charge in [-0.25, -0.2) is 4.79 Å². The molecule has 0 aromatic carbocycles. The van der Waals surface area contributed by atoms with Crippen LogP contribution in [0.1, 0.15) is 33.1 Å². The summed E-state index contributed by atoms with van der Waals surface area (Å²) in [5.41, 5.74) is 1.02. The first-order chi connectivity index (χ1) is 9.17. The number of rotatable bonds is 9. The van der Waals surface area contributed by atoms with Gasteiger partial charge in [0, 0.05) is 0 Å². The van der Waals surface area contributed by atoms with Crippen LogP contribution in [0.2, 0.25) is 0 Å². The van der Waals surface area contributed by atoms with Crippen LogP contribution in [0, 0.1) is 0 Å². The fraction of sp³-hybridized carbons (Fsp3) is 0.533. The molecule has 0 saturated heterocycles. The molecule has 4 nitrogen and oxygen atoms in total. The van der Waals surface area contributed by atoms with Gasteiger partial charge in [-0.15, -0.1) is 0 Å². The third-order valence-electron chi connectivity index (χ3n) is 2.57. The fourth-order valence-electron chi connectivity index (χ4n) is 1.44. The van der Waals surface area contributed by atoms with Crippen molar-refractivity contribution in [2.24, 2.45) is 0 Å². The van der Waals surface area contributed by atoms with Crippen molar-refractivity contribution < 1.29 is 14.6 Å². The van der Waals surface area contributed by atoms with Crippen LogP contribution in [0.15, 0.2) is 36.5 Å². The average molecular weight is 267 g/mol. The monoisotopic (exact) mass is 267 g/mol. The first-order valence-corrected chi connectivity index (χ1v) is 6.66. The van der Waals surface area contributed by atoms with Crippen molar-refractivity contribution in [2.45, 2.75) is 39.2 Å². The van der Waals surface area contributed by atoms with Crippen molar-refractivity contribution in [1.82, 2.24) is 5.32 Å². The first-order valence-electron chi connectivity index (χ1n) is 6.66. The lowest BCUT2D eigenvalue weighted by Gasteiger charge is -2.16. The summed E-state index contributed by atoms with van der Waals surface area (Å²) < 4.78 is 5.00. The second-order valence-corrected chi connectivity index (χ2v) is 4.18. The smallest absolute Gasteiger partial charge is 0.407 e. The fourth-order valence-corrected chi connectivity index (χ4v) is 1.44. The van der Waals surface area contributed by atoms with Gasteiger partial charge < -0.3 is 15.2 Å². The van der Waals surface area contributed by atoms with E-state index in [-0.39, 0.29) is 12.6 Å². The molecule has 0 saturated carbocycles. The lowest BCUT2D eigenvalue weighted by molar-refractivity contribution is 0.134. The highest BCUT2D eigenvalue weighted by molar-refractivity contribution is 5.67. The van der Waals surface area contributed by atoms with Crippen LogP contribution in [0.4, 0.5) is 4.79 Å². The third-order valence-corrected chi connectivity index (χ3v) is 2.57. The van der Waals surface area contributed by atoms with Crippen LogP contribution in [0.25, 0.3) is 0 Å². The predicted molar refractivity (Wildman–Crippen MR) is 78.0 cm³/mol. The Morgan fingerprint density at radius 1 is 1.53 bits per heavy atom. The first kappa shape index (κ1) is 17.4. The Labute approximate surface area is 115 Å². The number of nitrogens with one attached hydrogen (secondary N) is 1. The molecular formula is C15H25NO3. The molecule has 0 heterocycles. The second kappa shape index (κ2) is 11.5. The summed E-state index contributed by atoms with van der Waals surface area (Å²) in [5.74, 6) is 0. The molecule has 0 fully saturated rings. The van der Waals surface area contributed by atoms with E-state index >= 15 is 0 Å². The molecule has 0 aliphatic rings. The van der Waals surface area contributed by atoms with E-state index in [1.807, 2.05) is 32.1 Å². The van der Waals surface area contributed by atoms with E-state index in [0.717, 1.165) is 18.4 Å². The summed E-state index contributed by atoms with van der Waals surface area (Å²) in [4.78, 5) is 11.5. The number of hydrogen-bond donors (Lipinski definition) is 2. The minimum Gasteiger partial charge on any atom is -0.450 e. The molecule has 0 aliphatic heterocycles. The van der Waals surface area contributed by atoms with Gasteiger partial charge in [0.1, 0.15) is 0 Å². The van der Waals surface area contributed by atoms with E-state index in [0.29, 0.717) is 13.0 Å². The highest BCUT2D eigenvalue weighted by Gasteiger charge is 2.12. The Bertz CT molecular complexity index is 321. The topological polar surface area (TPSA) is 58.6 Å². The summed E-state index contributed by atoms with van der Waals surface area (Å²) in [7, 11) is 0. The third kappa shape index (κ3) is 9.08. The molecule has 0 bridgehead atoms. The molecule has 1 unspecified atom stereocenters. The Morgan fingerprint density at radius 3 is 2.79 bits per heavy atom. The van der Waals surface area contributed by atoms with E-state index in [4.69, 9.17) is 4.74 Å². The number of alkyl carbamates (subject to hydrolysis) is 1. The van der Waals surface area contributed by atoms with Gasteiger partial charge >= 0.3 is 6.09 Å². The van der Waals surface area contributed by atoms with Gasteiger partial charge in [-0.2, -0.15) is 0 Å². The number of allylic oxidation sites excluding steroid dienone is 4. The maximum absolute atomic E-state index is 11.5. The zero-order valence-corrected chi connectivity index (χ0v) is 11.9. The van der Waals surface area contributed by atoms with E-state index in [1.165, 1.54) is 0 Å². The number of carbonyl (C=O) groups excluding carboxylic acids is 1. The summed E-state index contributed by atoms with van der Waals surface area (Å²) >= 11 is 0. The van der Waals surface area contributed by atoms with Crippen LogP contribution in [-0.4, -0.2) is 30.5 Å². The summed E-state index contributed by atoms with van der Waals surface area (Å²) in [6.07, 6.45) is 9.25. The van der Waals surface area contributed by atoms with Crippen LogP contribution < -0.4 is 5.32 Å². The Hall–Kier alpha value is -1.55. The lowest BCUT2D eigenvalue weighted by Crippen LogP contribution is -2.38. The minimum atomic E-state index is -0.476. The predicted octanol–water partition coefficient (Wildman–Crippen LogP) is 2.95. The average Bonchev–Trinajstić information content (AvgIpc) is 2.42. The standard InChI is InChI=1S/C15H25NO3/c1-4-7-9-13(6-3)11-14(12-17)16-15(18)19-10-8-5-2/h4,6-7,9,14,17H,1,5,8,10-12H2,2-3H3,(H,16,18)/b9-7-,13-6+. The number of hydrogen-bond acceptors (Lipinski definition) is 3. The quantitative estimate of drug-likeness (QED) is 0.499. The number of aliphatic hydroxyl groups excluding tert-OH is 1. The zero-order valence-electron chi connectivity index (χ0n) is 11.9. The van der Waals surface area contributed by atoms with Gasteiger partial charge in [0.15, 0.2) is 0 Å². The van der Waals surface area contributed by atoms with Crippen LogP contribution in [0.5, 0.6) is 0 Å². The highest BCUT2D eigenvalue weighted by Crippen LogP contribution is 2.08. The largest absolute Gasteiger partial charge is 0.450 e. The van der Waals surface area contributed by atoms with Gasteiger partial charge in [-0.3, -0.25) is 0 Å². The molecule has 1 atom stereocenters. The van der Waals surface area contributed by atoms with Gasteiger partial charge in [0.05, 0.1) is 19.3 Å². The van der Waals surface area contributed by atoms with E-state index in [2.05, 4.69) is 11.9 Å². The van der Waals surface area contributed by atoms with Crippen LogP contribution in [-0.2, 0) is 4.74 Å². The van der Waals surface area contributed by atoms with E-state index < -0.39 is 6.09 Å². The highest BCUT2D eigenvalue weighted by atomic mass is 16.5. The molecule has 0 aliphatic carbocycles. The van der Waals surface area contributed by atoms with Crippen molar-refractivity contribution >= 4 is 6.09 Å². The SMILES string of the molecule is C=C/C=C\C(=C/C)CC(CO)NC(=O)OCCCC. The van der Waals surface area contributed by atoms with E-state index in [9.17, 15) is 9.90 Å². The maximum Gasteiger partial charge on any atom is 0.407 e. The van der Waals surface area contributed by atoms with Crippen molar-refractivity contribution in [3.8, 4) is 0 Å². The van der Waals surface area contributed by atoms with Crippen molar-refractivity contribution in [3.63, 3.8) is 0 Å². The molecule has 0 aromatic heterocycles. The maximum atomic E-state index is 11.5. The van der Waals surface area contributed by atoms with Crippen LogP contribution >= 0.6 is 0 Å². The molecule has 0 aromatic rings. The number of ether oxygens (including phenoxy) is 1. The molecule has 1 amide bonds. The number of amides is 1. The molecule has 4 heteroatoms. The van der Waals surface area contributed by atoms with Gasteiger partial charge in [0.2, 0.25) is 0 Å². The normalized spacial score (nSPS) is 13.3. The Morgan fingerprint density at radius 2 is 2.26 bits per heavy atom. The van der Waals surface area contributed by atoms with Gasteiger partial charge in [0.25, 0.3) is 0 Å². The molecule has 0 rings (SSSR count). The van der Waals surface area contributed by atoms with Crippen molar-refractivity contribution in [1.29, 1.82) is 0 Å². The molecule has 0 radical (unpaired) electrons. The minimum absolute atomic E-state index is 0.123. The molecular weight excluding hydrogens is 242 g/mol. The molecule has 2 N–H and O–H groups in total.